The number of carbonyl (C=O) groups is 5. The fraction of sp³-hybridized carbons (Fsp3) is 0.575. The maximum absolute atomic E-state index is 14.0. The van der Waals surface area contributed by atoms with E-state index in [9.17, 15) is 37.5 Å². The minimum Gasteiger partial charge on any atom is -0.481 e. The maximum Gasteiger partial charge on any atom is 0.303 e. The molecule has 0 radical (unpaired) electrons. The molecular formula is C40H56N4O9S. The van der Waals surface area contributed by atoms with Gasteiger partial charge >= 0.3 is 5.97 Å². The van der Waals surface area contributed by atoms with E-state index >= 15 is 0 Å². The van der Waals surface area contributed by atoms with Crippen LogP contribution in [0.2, 0.25) is 0 Å². The van der Waals surface area contributed by atoms with Gasteiger partial charge in [0.05, 0.1) is 29.2 Å². The van der Waals surface area contributed by atoms with Crippen LogP contribution in [0.15, 0.2) is 59.5 Å². The van der Waals surface area contributed by atoms with Crippen molar-refractivity contribution in [2.45, 2.75) is 126 Å². The number of fused-ring (bicyclic) bond motifs is 1. The first kappa shape index (κ1) is 42.4. The largest absolute Gasteiger partial charge is 0.481 e. The Morgan fingerprint density at radius 3 is 2.19 bits per heavy atom. The molecule has 1 fully saturated rings. The molecule has 0 aromatic heterocycles. The van der Waals surface area contributed by atoms with Crippen LogP contribution in [0.25, 0.3) is 0 Å². The van der Waals surface area contributed by atoms with Crippen molar-refractivity contribution in [3.8, 4) is 0 Å². The molecule has 14 heteroatoms. The van der Waals surface area contributed by atoms with Crippen molar-refractivity contribution < 1.29 is 42.6 Å². The van der Waals surface area contributed by atoms with Gasteiger partial charge in [-0.3, -0.25) is 24.0 Å². The van der Waals surface area contributed by atoms with Gasteiger partial charge in [0.2, 0.25) is 23.6 Å². The topological polar surface area (TPSA) is 208 Å². The normalized spacial score (nSPS) is 18.8. The minimum absolute atomic E-state index is 0.0223. The molecule has 1 aliphatic carbocycles. The van der Waals surface area contributed by atoms with Crippen molar-refractivity contribution in [3.63, 3.8) is 0 Å². The Morgan fingerprint density at radius 1 is 0.833 bits per heavy atom. The molecule has 296 valence electrons. The molecule has 13 nitrogen and oxygen atoms in total. The highest BCUT2D eigenvalue weighted by Crippen LogP contribution is 2.36. The Bertz CT molecular complexity index is 1700. The first-order valence-corrected chi connectivity index (χ1v) is 20.8. The summed E-state index contributed by atoms with van der Waals surface area (Å²) in [6.07, 6.45) is 4.40. The fourth-order valence-corrected chi connectivity index (χ4v) is 9.36. The Hall–Kier alpha value is -4.30. The van der Waals surface area contributed by atoms with E-state index in [1.54, 1.807) is 18.2 Å². The van der Waals surface area contributed by atoms with E-state index in [0.717, 1.165) is 37.7 Å². The van der Waals surface area contributed by atoms with Crippen LogP contribution in [-0.2, 0) is 40.2 Å². The summed E-state index contributed by atoms with van der Waals surface area (Å²) in [6.45, 7) is 3.96. The molecule has 5 atom stereocenters. The first-order chi connectivity index (χ1) is 25.7. The molecule has 4 amide bonds. The predicted octanol–water partition coefficient (Wildman–Crippen LogP) is 3.39. The van der Waals surface area contributed by atoms with E-state index in [1.807, 2.05) is 44.2 Å². The number of carbonyl (C=O) groups excluding carboxylic acids is 4. The van der Waals surface area contributed by atoms with Gasteiger partial charge in [0.1, 0.15) is 12.1 Å². The number of amides is 4. The molecule has 1 aliphatic heterocycles. The zero-order valence-corrected chi connectivity index (χ0v) is 32.1. The Balaban J connectivity index is 1.48. The molecular weight excluding hydrogens is 713 g/mol. The average molecular weight is 769 g/mol. The summed E-state index contributed by atoms with van der Waals surface area (Å²) in [5.41, 5.74) is 1.35. The fourth-order valence-electron chi connectivity index (χ4n) is 7.47. The van der Waals surface area contributed by atoms with Gasteiger partial charge in [-0.15, -0.1) is 0 Å². The van der Waals surface area contributed by atoms with Gasteiger partial charge in [0, 0.05) is 31.7 Å². The minimum atomic E-state index is -3.54. The van der Waals surface area contributed by atoms with Crippen LogP contribution in [0.5, 0.6) is 0 Å². The van der Waals surface area contributed by atoms with Gasteiger partial charge < -0.3 is 31.5 Å². The van der Waals surface area contributed by atoms with E-state index in [4.69, 9.17) is 5.11 Å². The van der Waals surface area contributed by atoms with Crippen molar-refractivity contribution in [1.82, 2.24) is 21.3 Å². The number of carboxylic acids is 1. The molecule has 54 heavy (non-hydrogen) atoms. The Morgan fingerprint density at radius 2 is 1.50 bits per heavy atom. The molecule has 2 aliphatic rings. The van der Waals surface area contributed by atoms with E-state index in [0.29, 0.717) is 12.0 Å². The van der Waals surface area contributed by atoms with Crippen molar-refractivity contribution in [2.75, 3.05) is 12.3 Å². The van der Waals surface area contributed by atoms with Crippen LogP contribution >= 0.6 is 0 Å². The lowest BCUT2D eigenvalue weighted by atomic mass is 9.83. The van der Waals surface area contributed by atoms with Crippen LogP contribution in [0, 0.1) is 11.8 Å². The summed E-state index contributed by atoms with van der Waals surface area (Å²) >= 11 is 0. The number of sulfone groups is 1. The van der Waals surface area contributed by atoms with Gasteiger partial charge in [0.15, 0.2) is 9.84 Å². The van der Waals surface area contributed by atoms with Crippen LogP contribution < -0.4 is 21.3 Å². The maximum atomic E-state index is 14.0. The standard InChI is InChI=1S/C40H56N4O9S/c1-26(2)20-32(39(50)43-31(21-27-12-5-3-6-13-27)34(45)24-36(46)41-19-11-18-38(48)49)44-40(51)33(22-28-14-7-4-8-15-28)42-37(47)23-29-25-54(52,53)35-17-10-9-16-30(29)35/h4,7-10,14-17,26-27,29,31-34,45H,3,5-6,11-13,18-25H2,1-2H3,(H,41,46)(H,42,47)(H,43,50)(H,44,51)(H,48,49)/t29?,31-,32-,33-,34-/m0/s1. The zero-order valence-electron chi connectivity index (χ0n) is 31.3. The summed E-state index contributed by atoms with van der Waals surface area (Å²) in [7, 11) is -3.54. The van der Waals surface area contributed by atoms with Crippen molar-refractivity contribution >= 4 is 39.4 Å². The number of hydrogen-bond donors (Lipinski definition) is 6. The highest BCUT2D eigenvalue weighted by molar-refractivity contribution is 7.91. The zero-order chi connectivity index (χ0) is 39.3. The molecule has 2 aromatic carbocycles. The second kappa shape index (κ2) is 20.4. The van der Waals surface area contributed by atoms with Crippen molar-refractivity contribution in [3.05, 3.63) is 65.7 Å². The Labute approximate surface area is 318 Å². The molecule has 2 aromatic rings. The molecule has 0 bridgehead atoms. The smallest absolute Gasteiger partial charge is 0.303 e. The number of aliphatic hydroxyl groups excluding tert-OH is 1. The highest BCUT2D eigenvalue weighted by atomic mass is 32.2. The number of benzene rings is 2. The summed E-state index contributed by atoms with van der Waals surface area (Å²) in [5, 5.41) is 31.4. The summed E-state index contributed by atoms with van der Waals surface area (Å²) in [6, 6.07) is 12.8. The van der Waals surface area contributed by atoms with Crippen molar-refractivity contribution in [1.29, 1.82) is 0 Å². The molecule has 6 N–H and O–H groups in total. The van der Waals surface area contributed by atoms with E-state index in [1.165, 1.54) is 6.07 Å². The molecule has 0 spiro atoms. The van der Waals surface area contributed by atoms with E-state index in [-0.39, 0.29) is 67.6 Å². The molecule has 1 heterocycles. The number of hydrogen-bond acceptors (Lipinski definition) is 8. The predicted molar refractivity (Wildman–Crippen MR) is 203 cm³/mol. The second-order valence-corrected chi connectivity index (χ2v) is 17.2. The Kier molecular flexibility index (Phi) is 16.0. The van der Waals surface area contributed by atoms with Gasteiger partial charge in [-0.25, -0.2) is 8.42 Å². The average Bonchev–Trinajstić information content (AvgIpc) is 3.38. The number of nitrogens with one attached hydrogen (secondary N) is 4. The van der Waals surface area contributed by atoms with E-state index in [2.05, 4.69) is 21.3 Å². The lowest BCUT2D eigenvalue weighted by molar-refractivity contribution is -0.137. The SMILES string of the molecule is CC(C)C[C@H](NC(=O)[C@H](Cc1ccccc1)NC(=O)CC1CS(=O)(=O)c2ccccc21)C(=O)N[C@@H](CC1CCCCC1)[C@@H](O)CC(=O)NCCCC(=O)O. The van der Waals surface area contributed by atoms with Gasteiger partial charge in [-0.2, -0.15) is 0 Å². The number of rotatable bonds is 20. The monoisotopic (exact) mass is 768 g/mol. The number of carboxylic acid groups (broad SMARTS) is 1. The summed E-state index contributed by atoms with van der Waals surface area (Å²) < 4.78 is 25.5. The summed E-state index contributed by atoms with van der Waals surface area (Å²) in [4.78, 5) is 65.2. The van der Waals surface area contributed by atoms with Crippen LogP contribution in [0.3, 0.4) is 0 Å². The molecule has 1 saturated carbocycles. The van der Waals surface area contributed by atoms with Crippen LogP contribution in [-0.4, -0.2) is 84.8 Å². The quantitative estimate of drug-likeness (QED) is 0.109. The van der Waals surface area contributed by atoms with Gasteiger partial charge in [0.25, 0.3) is 0 Å². The highest BCUT2D eigenvalue weighted by Gasteiger charge is 2.37. The molecule has 0 saturated heterocycles. The van der Waals surface area contributed by atoms with Gasteiger partial charge in [-0.05, 0) is 48.3 Å². The molecule has 4 rings (SSSR count). The third-order valence-corrected chi connectivity index (χ3v) is 12.1. The second-order valence-electron chi connectivity index (χ2n) is 15.2. The van der Waals surface area contributed by atoms with Crippen LogP contribution in [0.4, 0.5) is 0 Å². The van der Waals surface area contributed by atoms with Gasteiger partial charge in [-0.1, -0.05) is 94.5 Å². The number of aliphatic hydroxyl groups is 1. The first-order valence-electron chi connectivity index (χ1n) is 19.1. The van der Waals surface area contributed by atoms with Crippen LogP contribution in [0.1, 0.15) is 102 Å². The number of aliphatic carboxylic acids is 1. The third kappa shape index (κ3) is 13.2. The van der Waals surface area contributed by atoms with Crippen molar-refractivity contribution in [2.24, 2.45) is 11.8 Å². The lowest BCUT2D eigenvalue weighted by Gasteiger charge is -2.32. The summed E-state index contributed by atoms with van der Waals surface area (Å²) in [5.74, 6) is -3.57. The molecule has 1 unspecified atom stereocenters. The van der Waals surface area contributed by atoms with E-state index < -0.39 is 69.6 Å². The third-order valence-electron chi connectivity index (χ3n) is 10.2. The lowest BCUT2D eigenvalue weighted by Crippen LogP contribution is -2.57.